The zero-order valence-corrected chi connectivity index (χ0v) is 14.1. The first kappa shape index (κ1) is 16.1. The van der Waals surface area contributed by atoms with Crippen LogP contribution in [-0.2, 0) is 19.1 Å². The van der Waals surface area contributed by atoms with E-state index in [2.05, 4.69) is 21.2 Å². The van der Waals surface area contributed by atoms with Crippen LogP contribution in [0.5, 0.6) is 0 Å². The van der Waals surface area contributed by atoms with Crippen LogP contribution in [0.15, 0.2) is 28.4 Å². The number of hydrogen-bond acceptors (Lipinski definition) is 5. The molecule has 0 atom stereocenters. The molecule has 0 saturated carbocycles. The van der Waals surface area contributed by atoms with E-state index in [1.54, 1.807) is 12.1 Å². The number of halogens is 3. The number of hydrogen-bond donors (Lipinski definition) is 1. The SMILES string of the molecule is CC1(C)OC(=O)C(=CNc2ccc(Br)c(Cl)c2Cl)C(=O)O1. The van der Waals surface area contributed by atoms with Crippen molar-refractivity contribution in [2.75, 3.05) is 5.32 Å². The summed E-state index contributed by atoms with van der Waals surface area (Å²) in [5, 5.41) is 3.30. The average molecular weight is 395 g/mol. The molecule has 0 unspecified atom stereocenters. The molecule has 1 aliphatic heterocycles. The number of rotatable bonds is 2. The van der Waals surface area contributed by atoms with Gasteiger partial charge in [0.05, 0.1) is 15.7 Å². The van der Waals surface area contributed by atoms with Crippen molar-refractivity contribution < 1.29 is 19.1 Å². The third-order valence-electron chi connectivity index (χ3n) is 2.52. The fourth-order valence-corrected chi connectivity index (χ4v) is 2.39. The lowest BCUT2D eigenvalue weighted by Gasteiger charge is -2.29. The van der Waals surface area contributed by atoms with Crippen LogP contribution in [0, 0.1) is 0 Å². The van der Waals surface area contributed by atoms with Gasteiger partial charge in [0, 0.05) is 24.5 Å². The zero-order valence-electron chi connectivity index (χ0n) is 11.0. The van der Waals surface area contributed by atoms with E-state index in [0.717, 1.165) is 0 Å². The Bertz CT molecular complexity index is 636. The summed E-state index contributed by atoms with van der Waals surface area (Å²) in [6, 6.07) is 3.31. The number of anilines is 1. The van der Waals surface area contributed by atoms with E-state index in [1.807, 2.05) is 0 Å². The number of carbonyl (C=O) groups is 2. The quantitative estimate of drug-likeness (QED) is 0.357. The van der Waals surface area contributed by atoms with Crippen LogP contribution < -0.4 is 5.32 Å². The molecule has 21 heavy (non-hydrogen) atoms. The number of cyclic esters (lactones) is 2. The van der Waals surface area contributed by atoms with Crippen LogP contribution in [0.2, 0.25) is 10.0 Å². The average Bonchev–Trinajstić information content (AvgIpc) is 2.36. The molecule has 0 radical (unpaired) electrons. The van der Waals surface area contributed by atoms with Gasteiger partial charge < -0.3 is 14.8 Å². The molecule has 0 amide bonds. The Labute approximate surface area is 139 Å². The summed E-state index contributed by atoms with van der Waals surface area (Å²) in [6.07, 6.45) is 1.17. The molecule has 0 aromatic heterocycles. The van der Waals surface area contributed by atoms with Gasteiger partial charge >= 0.3 is 11.9 Å². The van der Waals surface area contributed by atoms with Gasteiger partial charge in [0.1, 0.15) is 0 Å². The molecule has 2 rings (SSSR count). The van der Waals surface area contributed by atoms with Gasteiger partial charge in [-0.25, -0.2) is 9.59 Å². The van der Waals surface area contributed by atoms with E-state index < -0.39 is 17.7 Å². The summed E-state index contributed by atoms with van der Waals surface area (Å²) in [4.78, 5) is 23.5. The summed E-state index contributed by atoms with van der Waals surface area (Å²) in [7, 11) is 0. The number of carbonyl (C=O) groups excluding carboxylic acids is 2. The minimum absolute atomic E-state index is 0.251. The van der Waals surface area contributed by atoms with Gasteiger partial charge in [0.15, 0.2) is 5.57 Å². The van der Waals surface area contributed by atoms with E-state index in [9.17, 15) is 9.59 Å². The van der Waals surface area contributed by atoms with Crippen molar-refractivity contribution in [2.45, 2.75) is 19.6 Å². The van der Waals surface area contributed by atoms with Crippen LogP contribution >= 0.6 is 39.1 Å². The van der Waals surface area contributed by atoms with Crippen molar-refractivity contribution in [1.29, 1.82) is 0 Å². The Hall–Kier alpha value is -1.24. The largest absolute Gasteiger partial charge is 0.419 e. The normalized spacial score (nSPS) is 17.1. The second kappa shape index (κ2) is 5.87. The molecule has 5 nitrogen and oxygen atoms in total. The van der Waals surface area contributed by atoms with Gasteiger partial charge in [-0.15, -0.1) is 0 Å². The third kappa shape index (κ3) is 3.51. The van der Waals surface area contributed by atoms with Crippen molar-refractivity contribution in [3.8, 4) is 0 Å². The molecular weight excluding hydrogens is 385 g/mol. The summed E-state index contributed by atoms with van der Waals surface area (Å²) < 4.78 is 10.6. The maximum absolute atomic E-state index is 11.7. The second-order valence-corrected chi connectivity index (χ2v) is 6.21. The smallest absolute Gasteiger partial charge is 0.350 e. The number of ether oxygens (including phenoxy) is 2. The van der Waals surface area contributed by atoms with E-state index in [4.69, 9.17) is 32.7 Å². The van der Waals surface area contributed by atoms with Gasteiger partial charge in [0.25, 0.3) is 5.79 Å². The molecule has 0 bridgehead atoms. The zero-order chi connectivity index (χ0) is 15.8. The molecule has 1 N–H and O–H groups in total. The van der Waals surface area contributed by atoms with E-state index in [1.165, 1.54) is 20.0 Å². The lowest BCUT2D eigenvalue weighted by molar-refractivity contribution is -0.222. The summed E-state index contributed by atoms with van der Waals surface area (Å²) >= 11 is 15.3. The lowest BCUT2D eigenvalue weighted by Crippen LogP contribution is -2.42. The van der Waals surface area contributed by atoms with Crippen LogP contribution in [-0.4, -0.2) is 17.7 Å². The second-order valence-electron chi connectivity index (χ2n) is 4.60. The lowest BCUT2D eigenvalue weighted by atomic mass is 10.2. The Morgan fingerprint density at radius 1 is 1.14 bits per heavy atom. The third-order valence-corrected chi connectivity index (χ3v) is 4.30. The number of benzene rings is 1. The summed E-state index contributed by atoms with van der Waals surface area (Å²) in [5.41, 5.74) is 0.173. The van der Waals surface area contributed by atoms with E-state index in [0.29, 0.717) is 15.2 Å². The van der Waals surface area contributed by atoms with Crippen molar-refractivity contribution >= 4 is 56.8 Å². The maximum atomic E-state index is 11.7. The minimum Gasteiger partial charge on any atom is -0.419 e. The Morgan fingerprint density at radius 2 is 1.71 bits per heavy atom. The fraction of sp³-hybridized carbons (Fsp3) is 0.231. The Kier molecular flexibility index (Phi) is 4.51. The highest BCUT2D eigenvalue weighted by molar-refractivity contribution is 9.10. The van der Waals surface area contributed by atoms with Gasteiger partial charge in [-0.3, -0.25) is 0 Å². The molecule has 8 heteroatoms. The van der Waals surface area contributed by atoms with Crippen molar-refractivity contribution in [3.63, 3.8) is 0 Å². The predicted octanol–water partition coefficient (Wildman–Crippen LogP) is 3.89. The topological polar surface area (TPSA) is 64.6 Å². The van der Waals surface area contributed by atoms with Crippen molar-refractivity contribution in [1.82, 2.24) is 0 Å². The molecule has 1 heterocycles. The van der Waals surface area contributed by atoms with Crippen molar-refractivity contribution in [2.24, 2.45) is 0 Å². The maximum Gasteiger partial charge on any atom is 0.350 e. The first-order valence-electron chi connectivity index (χ1n) is 5.78. The molecule has 1 aromatic carbocycles. The molecule has 1 saturated heterocycles. The molecule has 1 fully saturated rings. The Balaban J connectivity index is 2.24. The van der Waals surface area contributed by atoms with E-state index >= 15 is 0 Å². The monoisotopic (exact) mass is 393 g/mol. The van der Waals surface area contributed by atoms with Crippen LogP contribution in [0.1, 0.15) is 13.8 Å². The van der Waals surface area contributed by atoms with E-state index in [-0.39, 0.29) is 10.6 Å². The number of nitrogens with one attached hydrogen (secondary N) is 1. The molecular formula is C13H10BrCl2NO4. The molecule has 1 aliphatic rings. The van der Waals surface area contributed by atoms with Crippen molar-refractivity contribution in [3.05, 3.63) is 38.4 Å². The Morgan fingerprint density at radius 3 is 2.29 bits per heavy atom. The van der Waals surface area contributed by atoms with Crippen LogP contribution in [0.4, 0.5) is 5.69 Å². The summed E-state index contributed by atoms with van der Waals surface area (Å²) in [6.45, 7) is 2.94. The highest BCUT2D eigenvalue weighted by atomic mass is 79.9. The molecule has 112 valence electrons. The van der Waals surface area contributed by atoms with Crippen LogP contribution in [0.3, 0.4) is 0 Å². The predicted molar refractivity (Wildman–Crippen MR) is 82.1 cm³/mol. The van der Waals surface area contributed by atoms with Gasteiger partial charge in [-0.05, 0) is 28.1 Å². The number of esters is 2. The molecule has 1 aromatic rings. The highest BCUT2D eigenvalue weighted by Crippen LogP contribution is 2.36. The highest BCUT2D eigenvalue weighted by Gasteiger charge is 2.38. The molecule has 0 aliphatic carbocycles. The van der Waals surface area contributed by atoms with Gasteiger partial charge in [-0.1, -0.05) is 23.2 Å². The first-order chi connectivity index (χ1) is 9.71. The van der Waals surface area contributed by atoms with Crippen LogP contribution in [0.25, 0.3) is 0 Å². The fourth-order valence-electron chi connectivity index (χ4n) is 1.57. The summed E-state index contributed by atoms with van der Waals surface area (Å²) in [5.74, 6) is -2.82. The molecule has 0 spiro atoms. The minimum atomic E-state index is -1.27. The first-order valence-corrected chi connectivity index (χ1v) is 7.33. The standard InChI is InChI=1S/C13H10BrCl2NO4/c1-13(2)20-11(18)6(12(19)21-13)5-17-8-4-3-7(14)9(15)10(8)16/h3-5,17H,1-2H3. The van der Waals surface area contributed by atoms with Gasteiger partial charge in [0.2, 0.25) is 0 Å². The van der Waals surface area contributed by atoms with Gasteiger partial charge in [-0.2, -0.15) is 0 Å².